The van der Waals surface area contributed by atoms with Crippen molar-refractivity contribution in [1.82, 2.24) is 0 Å². The summed E-state index contributed by atoms with van der Waals surface area (Å²) in [4.78, 5) is 13.3. The van der Waals surface area contributed by atoms with Crippen LogP contribution in [-0.4, -0.2) is 19.0 Å². The molecule has 0 aromatic heterocycles. The third-order valence-electron chi connectivity index (χ3n) is 3.09. The summed E-state index contributed by atoms with van der Waals surface area (Å²) in [7, 11) is 0. The molecule has 1 heterocycles. The monoisotopic (exact) mass is 272 g/mol. The Morgan fingerprint density at radius 3 is 2.71 bits per heavy atom. The summed E-state index contributed by atoms with van der Waals surface area (Å²) in [5.74, 6) is 0.205. The topological polar surface area (TPSA) is 46.3 Å². The van der Waals surface area contributed by atoms with E-state index in [0.29, 0.717) is 23.1 Å². The van der Waals surface area contributed by atoms with Gasteiger partial charge in [0, 0.05) is 18.5 Å². The van der Waals surface area contributed by atoms with Gasteiger partial charge < -0.3 is 10.6 Å². The number of hydrogen-bond donors (Lipinski definition) is 1. The molecule has 0 radical (unpaired) electrons. The Hall–Kier alpha value is -0.770. The van der Waals surface area contributed by atoms with E-state index in [2.05, 4.69) is 0 Å². The Balaban J connectivity index is 2.55. The second-order valence-corrected chi connectivity index (χ2v) is 5.11. The minimum absolute atomic E-state index is 0.0337. The van der Waals surface area contributed by atoms with E-state index in [0.717, 1.165) is 17.7 Å². The predicted molar refractivity (Wildman–Crippen MR) is 70.7 cm³/mol. The maximum absolute atomic E-state index is 11.7. The van der Waals surface area contributed by atoms with Gasteiger partial charge in [-0.05, 0) is 36.6 Å². The van der Waals surface area contributed by atoms with Gasteiger partial charge in [0.15, 0.2) is 0 Å². The molecule has 17 heavy (non-hydrogen) atoms. The lowest BCUT2D eigenvalue weighted by Crippen LogP contribution is -2.41. The van der Waals surface area contributed by atoms with Gasteiger partial charge in [0.1, 0.15) is 0 Å². The standard InChI is InChI=1S/C12H14Cl2N2O/c1-7(17)16-6-8(5-15)4-9-10(13)2-3-11(14)12(9)16/h2-3,8H,4-6,15H2,1H3. The number of halogens is 2. The van der Waals surface area contributed by atoms with Crippen LogP contribution in [-0.2, 0) is 11.2 Å². The number of fused-ring (bicyclic) bond motifs is 1. The van der Waals surface area contributed by atoms with E-state index in [-0.39, 0.29) is 11.8 Å². The second kappa shape index (κ2) is 4.84. The maximum atomic E-state index is 11.7. The van der Waals surface area contributed by atoms with Crippen LogP contribution in [0.25, 0.3) is 0 Å². The fraction of sp³-hybridized carbons (Fsp3) is 0.417. The molecule has 0 fully saturated rings. The molecule has 2 rings (SSSR count). The van der Waals surface area contributed by atoms with E-state index in [1.807, 2.05) is 0 Å². The van der Waals surface area contributed by atoms with Crippen molar-refractivity contribution in [3.8, 4) is 0 Å². The van der Waals surface area contributed by atoms with Gasteiger partial charge in [0.25, 0.3) is 0 Å². The van der Waals surface area contributed by atoms with Crippen molar-refractivity contribution in [3.63, 3.8) is 0 Å². The number of nitrogens with two attached hydrogens (primary N) is 1. The number of carbonyl (C=O) groups is 1. The van der Waals surface area contributed by atoms with E-state index in [9.17, 15) is 4.79 Å². The predicted octanol–water partition coefficient (Wildman–Crippen LogP) is 2.48. The summed E-state index contributed by atoms with van der Waals surface area (Å²) in [5.41, 5.74) is 7.37. The first-order valence-corrected chi connectivity index (χ1v) is 6.25. The third-order valence-corrected chi connectivity index (χ3v) is 3.75. The molecule has 92 valence electrons. The summed E-state index contributed by atoms with van der Waals surface area (Å²) in [6.45, 7) is 2.67. The molecule has 0 saturated heterocycles. The molecular weight excluding hydrogens is 259 g/mol. The number of amides is 1. The highest BCUT2D eigenvalue weighted by Gasteiger charge is 2.29. The van der Waals surface area contributed by atoms with E-state index in [4.69, 9.17) is 28.9 Å². The molecule has 1 atom stereocenters. The van der Waals surface area contributed by atoms with Crippen molar-refractivity contribution in [1.29, 1.82) is 0 Å². The molecule has 3 nitrogen and oxygen atoms in total. The van der Waals surface area contributed by atoms with Crippen LogP contribution in [0.1, 0.15) is 12.5 Å². The molecule has 0 aliphatic carbocycles. The van der Waals surface area contributed by atoms with Gasteiger partial charge in [-0.25, -0.2) is 0 Å². The molecule has 1 aromatic rings. The van der Waals surface area contributed by atoms with Gasteiger partial charge in [-0.3, -0.25) is 4.79 Å². The van der Waals surface area contributed by atoms with Gasteiger partial charge in [0.2, 0.25) is 5.91 Å². The number of carbonyl (C=O) groups excluding carboxylic acids is 1. The lowest BCUT2D eigenvalue weighted by atomic mass is 9.92. The highest BCUT2D eigenvalue weighted by atomic mass is 35.5. The number of nitrogens with zero attached hydrogens (tertiary/aromatic N) is 1. The summed E-state index contributed by atoms with van der Waals surface area (Å²) in [5, 5.41) is 1.21. The number of hydrogen-bond acceptors (Lipinski definition) is 2. The van der Waals surface area contributed by atoms with E-state index in [1.165, 1.54) is 6.92 Å². The SMILES string of the molecule is CC(=O)N1CC(CN)Cc2c(Cl)ccc(Cl)c21. The van der Waals surface area contributed by atoms with Crippen LogP contribution in [0.2, 0.25) is 10.0 Å². The van der Waals surface area contributed by atoms with Gasteiger partial charge in [-0.15, -0.1) is 0 Å². The number of anilines is 1. The Morgan fingerprint density at radius 1 is 1.47 bits per heavy atom. The highest BCUT2D eigenvalue weighted by Crippen LogP contribution is 2.39. The van der Waals surface area contributed by atoms with Crippen LogP contribution in [0.5, 0.6) is 0 Å². The normalized spacial score (nSPS) is 19.1. The fourth-order valence-corrected chi connectivity index (χ4v) is 2.72. The Labute approximate surface area is 110 Å². The lowest BCUT2D eigenvalue weighted by Gasteiger charge is -2.34. The molecule has 5 heteroatoms. The molecule has 1 aliphatic rings. The van der Waals surface area contributed by atoms with Crippen molar-refractivity contribution >= 4 is 34.8 Å². The van der Waals surface area contributed by atoms with E-state index in [1.54, 1.807) is 17.0 Å². The molecule has 0 spiro atoms. The molecule has 2 N–H and O–H groups in total. The average molecular weight is 273 g/mol. The molecular formula is C12H14Cl2N2O. The zero-order valence-corrected chi connectivity index (χ0v) is 11.1. The van der Waals surface area contributed by atoms with Crippen LogP contribution in [0.3, 0.4) is 0 Å². The van der Waals surface area contributed by atoms with Crippen LogP contribution >= 0.6 is 23.2 Å². The van der Waals surface area contributed by atoms with E-state index >= 15 is 0 Å². The van der Waals surface area contributed by atoms with Crippen molar-refractivity contribution in [3.05, 3.63) is 27.7 Å². The zero-order valence-electron chi connectivity index (χ0n) is 9.54. The van der Waals surface area contributed by atoms with Gasteiger partial charge in [-0.1, -0.05) is 23.2 Å². The van der Waals surface area contributed by atoms with Crippen molar-refractivity contribution < 1.29 is 4.79 Å². The molecule has 1 unspecified atom stereocenters. The Morgan fingerprint density at radius 2 is 2.12 bits per heavy atom. The Kier molecular flexibility index (Phi) is 3.61. The van der Waals surface area contributed by atoms with Crippen LogP contribution in [0, 0.1) is 5.92 Å². The molecule has 1 amide bonds. The smallest absolute Gasteiger partial charge is 0.223 e. The summed E-state index contributed by atoms with van der Waals surface area (Å²) >= 11 is 12.3. The summed E-state index contributed by atoms with van der Waals surface area (Å²) in [6.07, 6.45) is 0.773. The van der Waals surface area contributed by atoms with Gasteiger partial charge in [0.05, 0.1) is 10.7 Å². The summed E-state index contributed by atoms with van der Waals surface area (Å²) in [6, 6.07) is 3.49. The van der Waals surface area contributed by atoms with E-state index < -0.39 is 0 Å². The largest absolute Gasteiger partial charge is 0.330 e. The first kappa shape index (κ1) is 12.7. The maximum Gasteiger partial charge on any atom is 0.223 e. The first-order valence-electron chi connectivity index (χ1n) is 5.49. The van der Waals surface area contributed by atoms with Crippen molar-refractivity contribution in [2.75, 3.05) is 18.0 Å². The first-order chi connectivity index (χ1) is 8.04. The van der Waals surface area contributed by atoms with Crippen molar-refractivity contribution in [2.45, 2.75) is 13.3 Å². The van der Waals surface area contributed by atoms with Crippen molar-refractivity contribution in [2.24, 2.45) is 11.7 Å². The van der Waals surface area contributed by atoms with Gasteiger partial charge >= 0.3 is 0 Å². The minimum Gasteiger partial charge on any atom is -0.330 e. The molecule has 1 aliphatic heterocycles. The third kappa shape index (κ3) is 2.28. The highest BCUT2D eigenvalue weighted by molar-refractivity contribution is 6.36. The molecule has 0 bridgehead atoms. The lowest BCUT2D eigenvalue weighted by molar-refractivity contribution is -0.116. The second-order valence-electron chi connectivity index (χ2n) is 4.29. The molecule has 0 saturated carbocycles. The summed E-state index contributed by atoms with van der Waals surface area (Å²) < 4.78 is 0. The van der Waals surface area contributed by atoms with Crippen LogP contribution in [0.15, 0.2) is 12.1 Å². The minimum atomic E-state index is -0.0337. The average Bonchev–Trinajstić information content (AvgIpc) is 2.32. The number of rotatable bonds is 1. The molecule has 1 aromatic carbocycles. The number of benzene rings is 1. The quantitative estimate of drug-likeness (QED) is 0.854. The fourth-order valence-electron chi connectivity index (χ4n) is 2.22. The van der Waals surface area contributed by atoms with Crippen LogP contribution < -0.4 is 10.6 Å². The zero-order chi connectivity index (χ0) is 12.6. The van der Waals surface area contributed by atoms with Crippen LogP contribution in [0.4, 0.5) is 5.69 Å². The van der Waals surface area contributed by atoms with Gasteiger partial charge in [-0.2, -0.15) is 0 Å². The Bertz CT molecular complexity index is 462.